The molecule has 0 aromatic heterocycles. The van der Waals surface area contributed by atoms with Gasteiger partial charge in [0.25, 0.3) is 0 Å². The fourth-order valence-corrected chi connectivity index (χ4v) is 4.41. The summed E-state index contributed by atoms with van der Waals surface area (Å²) in [5, 5.41) is 17.0. The van der Waals surface area contributed by atoms with E-state index >= 15 is 0 Å². The number of hydrogen-bond acceptors (Lipinski definition) is 2. The minimum atomic E-state index is -0.657. The molecule has 0 radical (unpaired) electrons. The van der Waals surface area contributed by atoms with E-state index in [4.69, 9.17) is 10.2 Å². The fourth-order valence-electron chi connectivity index (χ4n) is 4.41. The summed E-state index contributed by atoms with van der Waals surface area (Å²) < 4.78 is 0. The number of carboxylic acids is 2. The van der Waals surface area contributed by atoms with Crippen LogP contribution in [0.2, 0.25) is 0 Å². The van der Waals surface area contributed by atoms with E-state index in [0.29, 0.717) is 12.8 Å². The van der Waals surface area contributed by atoms with Crippen molar-refractivity contribution in [2.75, 3.05) is 0 Å². The van der Waals surface area contributed by atoms with Gasteiger partial charge in [-0.1, -0.05) is 162 Å². The van der Waals surface area contributed by atoms with Crippen LogP contribution in [-0.4, -0.2) is 71.0 Å². The monoisotopic (exact) mass is 646 g/mol. The van der Waals surface area contributed by atoms with Crippen LogP contribution in [0.1, 0.15) is 191 Å². The molecule has 0 unspecified atom stereocenters. The number of aliphatic carboxylic acids is 2. The zero-order valence-corrected chi connectivity index (χ0v) is 30.0. The molecule has 0 amide bonds. The quantitative estimate of drug-likeness (QED) is 0.0710. The van der Waals surface area contributed by atoms with Crippen LogP contribution in [0.4, 0.5) is 0 Å². The van der Waals surface area contributed by atoms with Crippen LogP contribution in [-0.2, 0) is 9.59 Å². The van der Waals surface area contributed by atoms with Gasteiger partial charge in [-0.3, -0.25) is 9.59 Å². The van der Waals surface area contributed by atoms with Crippen LogP contribution in [0.25, 0.3) is 0 Å². The van der Waals surface area contributed by atoms with Gasteiger partial charge < -0.3 is 14.5 Å². The van der Waals surface area contributed by atoms with Gasteiger partial charge in [-0.25, -0.2) is 0 Å². The molecule has 0 aromatic rings. The van der Waals surface area contributed by atoms with Crippen molar-refractivity contribution in [3.63, 3.8) is 0 Å². The third kappa shape index (κ3) is 50.5. The Morgan fingerprint density at radius 2 is 0.568 bits per heavy atom. The van der Waals surface area contributed by atoms with Gasteiger partial charge in [0.15, 0.2) is 0 Å². The summed E-state index contributed by atoms with van der Waals surface area (Å²) in [5.74, 6) is -1.31. The molecule has 0 fully saturated rings. The number of hydrogen-bond donors (Lipinski definition) is 2. The van der Waals surface area contributed by atoms with Gasteiger partial charge in [-0.05, 0) is 12.8 Å². The van der Waals surface area contributed by atoms with Gasteiger partial charge in [-0.15, -0.1) is 0 Å². The van der Waals surface area contributed by atoms with Crippen LogP contribution in [0, 0.1) is 0 Å². The molecular formula is C31H65BaLiO4. The molecule has 0 atom stereocenters. The maximum atomic E-state index is 10.3. The van der Waals surface area contributed by atoms with Crippen LogP contribution in [0.3, 0.4) is 0 Å². The molecule has 2 N–H and O–H groups in total. The molecule has 6 heteroatoms. The average Bonchev–Trinajstić information content (AvgIpc) is 2.83. The molecular weight excluding hydrogens is 581 g/mol. The predicted molar refractivity (Wildman–Crippen MR) is 160 cm³/mol. The Balaban J connectivity index is -0.0000000978. The van der Waals surface area contributed by atoms with Crippen molar-refractivity contribution in [2.24, 2.45) is 0 Å². The topological polar surface area (TPSA) is 74.6 Å². The molecule has 4 nitrogen and oxygen atoms in total. The van der Waals surface area contributed by atoms with Crippen molar-refractivity contribution in [3.05, 3.63) is 0 Å². The first-order valence-corrected chi connectivity index (χ1v) is 15.5. The van der Waals surface area contributed by atoms with E-state index in [-0.39, 0.29) is 72.0 Å². The molecule has 0 bridgehead atoms. The summed E-state index contributed by atoms with van der Waals surface area (Å²) in [7, 11) is 0. The maximum Gasteiger partial charge on any atom is 2.00 e. The number of rotatable bonds is 27. The Hall–Kier alpha value is 1.11. The van der Waals surface area contributed by atoms with Gasteiger partial charge in [-0.2, -0.15) is 0 Å². The zero-order chi connectivity index (χ0) is 26.2. The molecule has 0 heterocycles. The van der Waals surface area contributed by atoms with Crippen molar-refractivity contribution >= 4 is 60.8 Å². The summed E-state index contributed by atoms with van der Waals surface area (Å²) in [4.78, 5) is 20.6. The molecule has 0 saturated carbocycles. The Morgan fingerprint density at radius 3 is 0.730 bits per heavy atom. The van der Waals surface area contributed by atoms with Crippen molar-refractivity contribution in [2.45, 2.75) is 187 Å². The Kier molecular flexibility index (Phi) is 50.7. The smallest absolute Gasteiger partial charge is 1.00 e. The predicted octanol–water partition coefficient (Wildman–Crippen LogP) is 7.68. The van der Waals surface area contributed by atoms with Crippen LogP contribution >= 0.6 is 0 Å². The number of carboxylic acid groups (broad SMARTS) is 2. The fraction of sp³-hybridized carbons (Fsp3) is 0.935. The summed E-state index contributed by atoms with van der Waals surface area (Å²) in [6, 6.07) is 0. The molecule has 0 rings (SSSR count). The van der Waals surface area contributed by atoms with Crippen molar-refractivity contribution < 1.29 is 42.9 Å². The number of unbranched alkanes of at least 4 members (excludes halogenated alkanes) is 23. The van der Waals surface area contributed by atoms with Gasteiger partial charge >= 0.3 is 79.7 Å². The standard InChI is InChI=1S/C17H34O2.C14H28O2.Ba.Li.3H/c1-2-3-4-5-6-7-8-9-10-11-12-13-14-15-16-17(18)19;1-2-3-4-5-6-7-8-9-10-11-12-13-14(15)16;;;;;/h2-16H2,1H3,(H,18,19);2-13H2,1H3,(H,15,16);;;;;/q;;+2;+1;3*-1. The van der Waals surface area contributed by atoms with Crippen molar-refractivity contribution in [3.8, 4) is 0 Å². The summed E-state index contributed by atoms with van der Waals surface area (Å²) in [5.41, 5.74) is 0. The number of carbonyl (C=O) groups is 2. The second kappa shape index (κ2) is 41.6. The van der Waals surface area contributed by atoms with Crippen molar-refractivity contribution in [1.82, 2.24) is 0 Å². The molecule has 0 aliphatic carbocycles. The first-order valence-electron chi connectivity index (χ1n) is 15.5. The Morgan fingerprint density at radius 1 is 0.405 bits per heavy atom. The van der Waals surface area contributed by atoms with Crippen molar-refractivity contribution in [1.29, 1.82) is 0 Å². The van der Waals surface area contributed by atoms with E-state index in [9.17, 15) is 9.59 Å². The van der Waals surface area contributed by atoms with Crippen LogP contribution < -0.4 is 18.9 Å². The molecule has 37 heavy (non-hydrogen) atoms. The van der Waals surface area contributed by atoms with E-state index in [1.54, 1.807) is 0 Å². The van der Waals surface area contributed by atoms with Gasteiger partial charge in [0.2, 0.25) is 0 Å². The largest absolute Gasteiger partial charge is 2.00 e. The summed E-state index contributed by atoms with van der Waals surface area (Å²) in [6.07, 6.45) is 33.1. The third-order valence-corrected chi connectivity index (χ3v) is 6.74. The van der Waals surface area contributed by atoms with E-state index in [1.165, 1.54) is 135 Å². The van der Waals surface area contributed by atoms with Gasteiger partial charge in [0.05, 0.1) is 0 Å². The van der Waals surface area contributed by atoms with Gasteiger partial charge in [0, 0.05) is 12.8 Å². The van der Waals surface area contributed by atoms with E-state index < -0.39 is 11.9 Å². The van der Waals surface area contributed by atoms with E-state index in [0.717, 1.165) is 25.7 Å². The van der Waals surface area contributed by atoms with E-state index in [2.05, 4.69) is 13.8 Å². The first kappa shape index (κ1) is 45.1. The summed E-state index contributed by atoms with van der Waals surface area (Å²) in [6.45, 7) is 4.51. The molecule has 0 spiro atoms. The van der Waals surface area contributed by atoms with Crippen LogP contribution in [0.15, 0.2) is 0 Å². The van der Waals surface area contributed by atoms with Gasteiger partial charge in [0.1, 0.15) is 0 Å². The molecule has 0 aliphatic rings. The zero-order valence-electron chi connectivity index (χ0n) is 28.5. The third-order valence-electron chi connectivity index (χ3n) is 6.74. The Bertz CT molecular complexity index is 451. The first-order chi connectivity index (χ1) is 17.0. The Labute approximate surface area is 288 Å². The average molecular weight is 646 g/mol. The van der Waals surface area contributed by atoms with E-state index in [1.807, 2.05) is 0 Å². The minimum Gasteiger partial charge on any atom is -1.00 e. The SMILES string of the molecule is CCCCCCCCCCCCCC(=O)O.CCCCCCCCCCCCCCCCC(=O)O.[Ba+2].[H-].[H-].[H-].[Li+]. The minimum absolute atomic E-state index is 0. The molecule has 216 valence electrons. The second-order valence-electron chi connectivity index (χ2n) is 10.4. The van der Waals surface area contributed by atoms with Crippen LogP contribution in [0.5, 0.6) is 0 Å². The maximum absolute atomic E-state index is 10.3. The second-order valence-corrected chi connectivity index (χ2v) is 10.4. The summed E-state index contributed by atoms with van der Waals surface area (Å²) >= 11 is 0. The molecule has 0 aliphatic heterocycles. The molecule has 0 aromatic carbocycles. The normalized spacial score (nSPS) is 10.1. The molecule has 0 saturated heterocycles.